The molecule has 2 aromatic carbocycles. The van der Waals surface area contributed by atoms with Gasteiger partial charge in [-0.1, -0.05) is 24.3 Å². The highest BCUT2D eigenvalue weighted by atomic mass is 16.5. The Bertz CT molecular complexity index is 723. The lowest BCUT2D eigenvalue weighted by Crippen LogP contribution is -2.24. The molecule has 1 amide bonds. The van der Waals surface area contributed by atoms with E-state index in [0.717, 1.165) is 22.4 Å². The number of amides is 1. The largest absolute Gasteiger partial charge is 0.494 e. The fraction of sp³-hybridized carbons (Fsp3) is 0.263. The quantitative estimate of drug-likeness (QED) is 0.820. The van der Waals surface area contributed by atoms with Crippen LogP contribution in [0.25, 0.3) is 0 Å². The predicted octanol–water partition coefficient (Wildman–Crippen LogP) is 2.95. The molecule has 0 saturated heterocycles. The van der Waals surface area contributed by atoms with Crippen LogP contribution in [0.3, 0.4) is 0 Å². The van der Waals surface area contributed by atoms with Gasteiger partial charge >= 0.3 is 5.97 Å². The summed E-state index contributed by atoms with van der Waals surface area (Å²) in [4.78, 5) is 22.9. The van der Waals surface area contributed by atoms with Crippen molar-refractivity contribution in [1.82, 2.24) is 5.32 Å². The van der Waals surface area contributed by atoms with Crippen molar-refractivity contribution in [2.75, 3.05) is 6.61 Å². The van der Waals surface area contributed by atoms with Gasteiger partial charge in [0.2, 0.25) is 5.91 Å². The summed E-state index contributed by atoms with van der Waals surface area (Å²) in [6.45, 7) is 4.87. The van der Waals surface area contributed by atoms with Crippen LogP contribution >= 0.6 is 0 Å². The van der Waals surface area contributed by atoms with Crippen molar-refractivity contribution >= 4 is 11.9 Å². The zero-order valence-corrected chi connectivity index (χ0v) is 13.8. The van der Waals surface area contributed by atoms with Crippen molar-refractivity contribution in [3.8, 4) is 5.75 Å². The maximum absolute atomic E-state index is 12.1. The molecule has 0 aliphatic heterocycles. The maximum Gasteiger partial charge on any atom is 0.335 e. The molecule has 0 aliphatic rings. The molecule has 0 fully saturated rings. The Balaban J connectivity index is 1.94. The van der Waals surface area contributed by atoms with E-state index in [1.165, 1.54) is 12.1 Å². The smallest absolute Gasteiger partial charge is 0.335 e. The fourth-order valence-corrected chi connectivity index (χ4v) is 2.30. The average Bonchev–Trinajstić information content (AvgIpc) is 2.55. The number of nitrogens with one attached hydrogen (secondary N) is 1. The lowest BCUT2D eigenvalue weighted by Gasteiger charge is -2.12. The highest BCUT2D eigenvalue weighted by Gasteiger charge is 2.08. The molecule has 0 radical (unpaired) electrons. The number of aromatic carboxylic acids is 1. The van der Waals surface area contributed by atoms with E-state index in [9.17, 15) is 9.59 Å². The highest BCUT2D eigenvalue weighted by Crippen LogP contribution is 2.20. The van der Waals surface area contributed by atoms with Gasteiger partial charge in [0.05, 0.1) is 18.6 Å². The first kappa shape index (κ1) is 17.5. The number of benzene rings is 2. The van der Waals surface area contributed by atoms with Crippen LogP contribution in [0, 0.1) is 6.92 Å². The Morgan fingerprint density at radius 2 is 1.83 bits per heavy atom. The van der Waals surface area contributed by atoms with Gasteiger partial charge in [0.25, 0.3) is 0 Å². The molecule has 0 atom stereocenters. The van der Waals surface area contributed by atoms with Gasteiger partial charge in [0, 0.05) is 12.1 Å². The standard InChI is InChI=1S/C19H21NO4/c1-3-24-17-10-13(2)4-7-16(17)12-20-18(21)11-14-5-8-15(9-6-14)19(22)23/h4-10H,3,11-12H2,1-2H3,(H,20,21)(H,22,23). The zero-order chi connectivity index (χ0) is 17.5. The number of carbonyl (C=O) groups is 2. The van der Waals surface area contributed by atoms with Gasteiger partial charge in [0.15, 0.2) is 0 Å². The normalized spacial score (nSPS) is 10.2. The van der Waals surface area contributed by atoms with Crippen LogP contribution in [0.15, 0.2) is 42.5 Å². The Kier molecular flexibility index (Phi) is 5.95. The van der Waals surface area contributed by atoms with Crippen molar-refractivity contribution in [2.45, 2.75) is 26.8 Å². The number of ether oxygens (including phenoxy) is 1. The number of rotatable bonds is 7. The second-order valence-corrected chi connectivity index (χ2v) is 5.50. The molecular formula is C19H21NO4. The highest BCUT2D eigenvalue weighted by molar-refractivity contribution is 5.87. The number of carboxylic acid groups (broad SMARTS) is 1. The Morgan fingerprint density at radius 3 is 2.46 bits per heavy atom. The van der Waals surface area contributed by atoms with Gasteiger partial charge in [-0.3, -0.25) is 4.79 Å². The summed E-state index contributed by atoms with van der Waals surface area (Å²) in [5.41, 5.74) is 3.01. The molecule has 2 N–H and O–H groups in total. The Labute approximate surface area is 141 Å². The van der Waals surface area contributed by atoms with Gasteiger partial charge in [-0.25, -0.2) is 4.79 Å². The van der Waals surface area contributed by atoms with E-state index in [1.54, 1.807) is 12.1 Å². The molecule has 5 nitrogen and oxygen atoms in total. The molecule has 0 unspecified atom stereocenters. The van der Waals surface area contributed by atoms with Gasteiger partial charge in [-0.2, -0.15) is 0 Å². The summed E-state index contributed by atoms with van der Waals surface area (Å²) in [5.74, 6) is -0.321. The van der Waals surface area contributed by atoms with Crippen molar-refractivity contribution in [3.05, 3.63) is 64.7 Å². The summed E-state index contributed by atoms with van der Waals surface area (Å²) in [6.07, 6.45) is 0.204. The summed E-state index contributed by atoms with van der Waals surface area (Å²) >= 11 is 0. The fourth-order valence-electron chi connectivity index (χ4n) is 2.30. The van der Waals surface area contributed by atoms with Crippen molar-refractivity contribution in [2.24, 2.45) is 0 Å². The molecule has 5 heteroatoms. The molecule has 0 saturated carbocycles. The first-order valence-electron chi connectivity index (χ1n) is 7.81. The van der Waals surface area contributed by atoms with Crippen LogP contribution in [-0.4, -0.2) is 23.6 Å². The topological polar surface area (TPSA) is 75.6 Å². The third kappa shape index (κ3) is 4.84. The van der Waals surface area contributed by atoms with Crippen LogP contribution in [0.5, 0.6) is 5.75 Å². The number of carbonyl (C=O) groups excluding carboxylic acids is 1. The second kappa shape index (κ2) is 8.15. The van der Waals surface area contributed by atoms with Crippen molar-refractivity contribution in [1.29, 1.82) is 0 Å². The van der Waals surface area contributed by atoms with Crippen LogP contribution < -0.4 is 10.1 Å². The molecular weight excluding hydrogens is 306 g/mol. The molecule has 126 valence electrons. The van der Waals surface area contributed by atoms with Gasteiger partial charge in [-0.05, 0) is 43.2 Å². The van der Waals surface area contributed by atoms with Crippen molar-refractivity contribution < 1.29 is 19.4 Å². The molecule has 2 rings (SSSR count). The minimum absolute atomic E-state index is 0.124. The lowest BCUT2D eigenvalue weighted by atomic mass is 10.1. The molecule has 0 aliphatic carbocycles. The van der Waals surface area contributed by atoms with E-state index < -0.39 is 5.97 Å². The molecule has 2 aromatic rings. The maximum atomic E-state index is 12.1. The van der Waals surface area contributed by atoms with Crippen molar-refractivity contribution in [3.63, 3.8) is 0 Å². The lowest BCUT2D eigenvalue weighted by molar-refractivity contribution is -0.120. The third-order valence-corrected chi connectivity index (χ3v) is 3.56. The number of carboxylic acids is 1. The van der Waals surface area contributed by atoms with Crippen LogP contribution in [0.2, 0.25) is 0 Å². The van der Waals surface area contributed by atoms with E-state index in [0.29, 0.717) is 13.2 Å². The van der Waals surface area contributed by atoms with E-state index >= 15 is 0 Å². The third-order valence-electron chi connectivity index (χ3n) is 3.56. The van der Waals surface area contributed by atoms with Gasteiger partial charge in [0.1, 0.15) is 5.75 Å². The van der Waals surface area contributed by atoms with Gasteiger partial charge in [-0.15, -0.1) is 0 Å². The number of aryl methyl sites for hydroxylation is 1. The van der Waals surface area contributed by atoms with E-state index in [4.69, 9.17) is 9.84 Å². The Morgan fingerprint density at radius 1 is 1.12 bits per heavy atom. The molecule has 0 bridgehead atoms. The van der Waals surface area contributed by atoms with E-state index in [2.05, 4.69) is 5.32 Å². The monoisotopic (exact) mass is 327 g/mol. The first-order valence-corrected chi connectivity index (χ1v) is 7.81. The Hall–Kier alpha value is -2.82. The van der Waals surface area contributed by atoms with E-state index in [1.807, 2.05) is 32.0 Å². The second-order valence-electron chi connectivity index (χ2n) is 5.50. The van der Waals surface area contributed by atoms with Crippen LogP contribution in [0.4, 0.5) is 0 Å². The van der Waals surface area contributed by atoms with Gasteiger partial charge < -0.3 is 15.2 Å². The molecule has 0 spiro atoms. The van der Waals surface area contributed by atoms with Crippen LogP contribution in [-0.2, 0) is 17.8 Å². The zero-order valence-electron chi connectivity index (χ0n) is 13.8. The SMILES string of the molecule is CCOc1cc(C)ccc1CNC(=O)Cc1ccc(C(=O)O)cc1. The molecule has 0 heterocycles. The molecule has 24 heavy (non-hydrogen) atoms. The summed E-state index contributed by atoms with van der Waals surface area (Å²) in [6, 6.07) is 12.2. The summed E-state index contributed by atoms with van der Waals surface area (Å²) in [5, 5.41) is 11.7. The number of hydrogen-bond donors (Lipinski definition) is 2. The first-order chi connectivity index (χ1) is 11.5. The number of hydrogen-bond acceptors (Lipinski definition) is 3. The minimum atomic E-state index is -0.978. The summed E-state index contributed by atoms with van der Waals surface area (Å²) < 4.78 is 5.60. The predicted molar refractivity (Wildman–Crippen MR) is 91.3 cm³/mol. The van der Waals surface area contributed by atoms with Crippen LogP contribution in [0.1, 0.15) is 34.0 Å². The average molecular weight is 327 g/mol. The molecule has 0 aromatic heterocycles. The summed E-state index contributed by atoms with van der Waals surface area (Å²) in [7, 11) is 0. The van der Waals surface area contributed by atoms with E-state index in [-0.39, 0.29) is 17.9 Å². The minimum Gasteiger partial charge on any atom is -0.494 e.